The lowest BCUT2D eigenvalue weighted by Gasteiger charge is -2.31. The molecule has 0 unspecified atom stereocenters. The predicted octanol–water partition coefficient (Wildman–Crippen LogP) is 2.05. The average Bonchev–Trinajstić information content (AvgIpc) is 2.35. The lowest BCUT2D eigenvalue weighted by molar-refractivity contribution is -0.119. The lowest BCUT2D eigenvalue weighted by Crippen LogP contribution is -2.36. The molecule has 92 valence electrons. The molecule has 1 aliphatic rings. The molecule has 1 aromatic carbocycles. The molecule has 0 spiro atoms. The lowest BCUT2D eigenvalue weighted by atomic mass is 9.98. The number of aliphatic hydroxyl groups excluding tert-OH is 1. The van der Waals surface area contributed by atoms with Gasteiger partial charge >= 0.3 is 0 Å². The minimum absolute atomic E-state index is 0.0835. The highest BCUT2D eigenvalue weighted by molar-refractivity contribution is 5.95. The molecule has 0 bridgehead atoms. The van der Waals surface area contributed by atoms with Crippen molar-refractivity contribution in [2.45, 2.75) is 32.6 Å². The van der Waals surface area contributed by atoms with Crippen molar-refractivity contribution in [3.8, 4) is 0 Å². The van der Waals surface area contributed by atoms with Crippen LogP contribution in [0.25, 0.3) is 0 Å². The smallest absolute Gasteiger partial charge is 0.227 e. The molecule has 0 atom stereocenters. The van der Waals surface area contributed by atoms with Gasteiger partial charge in [-0.2, -0.15) is 0 Å². The Hall–Kier alpha value is -1.35. The highest BCUT2D eigenvalue weighted by Gasteiger charge is 2.23. The summed E-state index contributed by atoms with van der Waals surface area (Å²) in [7, 11) is 0. The van der Waals surface area contributed by atoms with E-state index >= 15 is 0 Å². The first kappa shape index (κ1) is 12.1. The Morgan fingerprint density at radius 1 is 1.47 bits per heavy atom. The fourth-order valence-corrected chi connectivity index (χ4v) is 2.46. The van der Waals surface area contributed by atoms with Gasteiger partial charge in [0.2, 0.25) is 5.91 Å². The van der Waals surface area contributed by atoms with Gasteiger partial charge in [0.1, 0.15) is 0 Å². The zero-order valence-corrected chi connectivity index (χ0v) is 10.3. The Labute approximate surface area is 102 Å². The van der Waals surface area contributed by atoms with Crippen LogP contribution in [-0.4, -0.2) is 24.2 Å². The Morgan fingerprint density at radius 2 is 2.29 bits per heavy atom. The van der Waals surface area contributed by atoms with E-state index in [1.165, 1.54) is 11.1 Å². The Bertz CT molecular complexity index is 415. The summed E-state index contributed by atoms with van der Waals surface area (Å²) in [6, 6.07) is 6.21. The molecule has 0 fully saturated rings. The van der Waals surface area contributed by atoms with Gasteiger partial charge in [0, 0.05) is 25.3 Å². The molecule has 1 N–H and O–H groups in total. The van der Waals surface area contributed by atoms with Gasteiger partial charge in [0.15, 0.2) is 0 Å². The molecule has 0 aromatic heterocycles. The standard InChI is InChI=1S/C14H19NO2/c1-11-5-2-6-12-7-3-9-15(14(11)12)13(17)8-4-10-16/h2,5-6,16H,3-4,7-10H2,1H3. The third kappa shape index (κ3) is 2.50. The number of carbonyl (C=O) groups is 1. The van der Waals surface area contributed by atoms with Crippen LogP contribution in [0.5, 0.6) is 0 Å². The summed E-state index contributed by atoms with van der Waals surface area (Å²) in [5, 5.41) is 8.79. The average molecular weight is 233 g/mol. The van der Waals surface area contributed by atoms with Crippen LogP contribution in [0.3, 0.4) is 0 Å². The maximum absolute atomic E-state index is 12.1. The summed E-state index contributed by atoms with van der Waals surface area (Å²) in [5.41, 5.74) is 3.54. The molecule has 3 heteroatoms. The fraction of sp³-hybridized carbons (Fsp3) is 0.500. The van der Waals surface area contributed by atoms with E-state index in [1.807, 2.05) is 4.90 Å². The van der Waals surface area contributed by atoms with Crippen LogP contribution in [0.15, 0.2) is 18.2 Å². The van der Waals surface area contributed by atoms with Gasteiger partial charge in [-0.05, 0) is 37.3 Å². The van der Waals surface area contributed by atoms with Crippen molar-refractivity contribution < 1.29 is 9.90 Å². The molecule has 3 nitrogen and oxygen atoms in total. The van der Waals surface area contributed by atoms with Crippen LogP contribution in [0.4, 0.5) is 5.69 Å². The van der Waals surface area contributed by atoms with Crippen molar-refractivity contribution in [1.29, 1.82) is 0 Å². The van der Waals surface area contributed by atoms with Crippen LogP contribution < -0.4 is 4.90 Å². The summed E-state index contributed by atoms with van der Waals surface area (Å²) >= 11 is 0. The summed E-state index contributed by atoms with van der Waals surface area (Å²) in [5.74, 6) is 0.134. The number of amides is 1. The summed E-state index contributed by atoms with van der Waals surface area (Å²) in [6.45, 7) is 2.94. The second-order valence-electron chi connectivity index (χ2n) is 4.56. The number of aryl methyl sites for hydroxylation is 2. The number of hydrogen-bond acceptors (Lipinski definition) is 2. The van der Waals surface area contributed by atoms with Gasteiger partial charge < -0.3 is 10.0 Å². The van der Waals surface area contributed by atoms with E-state index in [2.05, 4.69) is 25.1 Å². The molecule has 1 heterocycles. The van der Waals surface area contributed by atoms with E-state index in [9.17, 15) is 4.79 Å². The maximum Gasteiger partial charge on any atom is 0.227 e. The van der Waals surface area contributed by atoms with Crippen LogP contribution in [0.2, 0.25) is 0 Å². The molecular weight excluding hydrogens is 214 g/mol. The van der Waals surface area contributed by atoms with E-state index in [4.69, 9.17) is 5.11 Å². The molecule has 17 heavy (non-hydrogen) atoms. The molecule has 0 saturated heterocycles. The Morgan fingerprint density at radius 3 is 3.06 bits per heavy atom. The summed E-state index contributed by atoms with van der Waals surface area (Å²) < 4.78 is 0. The first-order valence-corrected chi connectivity index (χ1v) is 6.23. The molecule has 1 amide bonds. The van der Waals surface area contributed by atoms with Crippen molar-refractivity contribution >= 4 is 11.6 Å². The Kier molecular flexibility index (Phi) is 3.79. The Balaban J connectivity index is 2.25. The van der Waals surface area contributed by atoms with Gasteiger partial charge in [-0.25, -0.2) is 0 Å². The van der Waals surface area contributed by atoms with Gasteiger partial charge in [-0.15, -0.1) is 0 Å². The fourth-order valence-electron chi connectivity index (χ4n) is 2.46. The predicted molar refractivity (Wildman–Crippen MR) is 68.2 cm³/mol. The zero-order valence-electron chi connectivity index (χ0n) is 10.3. The third-order valence-corrected chi connectivity index (χ3v) is 3.27. The largest absolute Gasteiger partial charge is 0.396 e. The molecule has 2 rings (SSSR count). The topological polar surface area (TPSA) is 40.5 Å². The van der Waals surface area contributed by atoms with Crippen LogP contribution >= 0.6 is 0 Å². The second-order valence-corrected chi connectivity index (χ2v) is 4.56. The van der Waals surface area contributed by atoms with Crippen LogP contribution in [0, 0.1) is 6.92 Å². The minimum atomic E-state index is 0.0835. The number of benzene rings is 1. The molecule has 0 radical (unpaired) electrons. The van der Waals surface area contributed by atoms with Gasteiger partial charge in [0.25, 0.3) is 0 Å². The number of nitrogens with zero attached hydrogens (tertiary/aromatic N) is 1. The number of fused-ring (bicyclic) bond motifs is 1. The quantitative estimate of drug-likeness (QED) is 0.868. The second kappa shape index (κ2) is 5.32. The van der Waals surface area contributed by atoms with E-state index in [-0.39, 0.29) is 12.5 Å². The SMILES string of the molecule is Cc1cccc2c1N(C(=O)CCCO)CCC2. The number of carbonyl (C=O) groups excluding carboxylic acids is 1. The normalized spacial score (nSPS) is 14.6. The van der Waals surface area contributed by atoms with Gasteiger partial charge in [0.05, 0.1) is 0 Å². The monoisotopic (exact) mass is 233 g/mol. The summed E-state index contributed by atoms with van der Waals surface area (Å²) in [6.07, 6.45) is 3.07. The zero-order chi connectivity index (χ0) is 12.3. The minimum Gasteiger partial charge on any atom is -0.396 e. The van der Waals surface area contributed by atoms with Crippen molar-refractivity contribution in [3.05, 3.63) is 29.3 Å². The van der Waals surface area contributed by atoms with Crippen LogP contribution in [0.1, 0.15) is 30.4 Å². The number of anilines is 1. The van der Waals surface area contributed by atoms with Crippen LogP contribution in [-0.2, 0) is 11.2 Å². The first-order valence-electron chi connectivity index (χ1n) is 6.23. The highest BCUT2D eigenvalue weighted by Crippen LogP contribution is 2.30. The highest BCUT2D eigenvalue weighted by atomic mass is 16.3. The molecule has 1 aromatic rings. The molecular formula is C14H19NO2. The van der Waals surface area contributed by atoms with Crippen molar-refractivity contribution in [2.75, 3.05) is 18.1 Å². The van der Waals surface area contributed by atoms with Crippen molar-refractivity contribution in [2.24, 2.45) is 0 Å². The van der Waals surface area contributed by atoms with E-state index in [1.54, 1.807) is 0 Å². The van der Waals surface area contributed by atoms with Crippen molar-refractivity contribution in [1.82, 2.24) is 0 Å². The maximum atomic E-state index is 12.1. The van der Waals surface area contributed by atoms with Gasteiger partial charge in [-0.1, -0.05) is 18.2 Å². The number of para-hydroxylation sites is 1. The van der Waals surface area contributed by atoms with Crippen molar-refractivity contribution in [3.63, 3.8) is 0 Å². The third-order valence-electron chi connectivity index (χ3n) is 3.27. The van der Waals surface area contributed by atoms with E-state index in [0.717, 1.165) is 25.1 Å². The molecule has 0 aliphatic carbocycles. The van der Waals surface area contributed by atoms with E-state index in [0.29, 0.717) is 12.8 Å². The molecule has 0 saturated carbocycles. The first-order chi connectivity index (χ1) is 8.24. The number of rotatable bonds is 3. The molecule has 1 aliphatic heterocycles. The van der Waals surface area contributed by atoms with E-state index < -0.39 is 0 Å². The van der Waals surface area contributed by atoms with Gasteiger partial charge in [-0.3, -0.25) is 4.79 Å². The number of aliphatic hydroxyl groups is 1. The summed E-state index contributed by atoms with van der Waals surface area (Å²) in [4.78, 5) is 14.0. The number of hydrogen-bond donors (Lipinski definition) is 1.